The van der Waals surface area contributed by atoms with Gasteiger partial charge < -0.3 is 19.9 Å². The Bertz CT molecular complexity index is 1120. The highest BCUT2D eigenvalue weighted by Crippen LogP contribution is 2.33. The van der Waals surface area contributed by atoms with E-state index >= 15 is 0 Å². The molecule has 0 aliphatic carbocycles. The number of anilines is 2. The van der Waals surface area contributed by atoms with Gasteiger partial charge in [-0.2, -0.15) is 0 Å². The summed E-state index contributed by atoms with van der Waals surface area (Å²) in [6.45, 7) is 8.56. The molecule has 1 aliphatic heterocycles. The molecule has 0 radical (unpaired) electrons. The van der Waals surface area contributed by atoms with Gasteiger partial charge in [-0.1, -0.05) is 24.3 Å². The number of halogens is 1. The van der Waals surface area contributed by atoms with Gasteiger partial charge in [0.2, 0.25) is 0 Å². The topological polar surface area (TPSA) is 70.4 Å². The Kier molecular flexibility index (Phi) is 5.61. The van der Waals surface area contributed by atoms with Crippen molar-refractivity contribution in [3.05, 3.63) is 77.9 Å². The zero-order valence-electron chi connectivity index (χ0n) is 17.6. The van der Waals surface area contributed by atoms with E-state index < -0.39 is 6.10 Å². The van der Waals surface area contributed by atoms with Gasteiger partial charge in [0.05, 0.1) is 6.54 Å². The number of aryl methyl sites for hydroxylation is 1. The summed E-state index contributed by atoms with van der Waals surface area (Å²) in [6.07, 6.45) is -1.22. The summed E-state index contributed by atoms with van der Waals surface area (Å²) in [5.41, 5.74) is 3.94. The number of nitrogens with one attached hydrogen (secondary N) is 1. The monoisotopic (exact) mass is 420 g/mol. The maximum atomic E-state index is 13.5. The lowest BCUT2D eigenvalue weighted by atomic mass is 10.1. The Morgan fingerprint density at radius 1 is 1.16 bits per heavy atom. The van der Waals surface area contributed by atoms with Crippen molar-refractivity contribution in [2.75, 3.05) is 11.9 Å². The average Bonchev–Trinajstić information content (AvgIpc) is 3.12. The van der Waals surface area contributed by atoms with Crippen LogP contribution in [0.5, 0.6) is 0 Å². The third kappa shape index (κ3) is 4.22. The predicted molar refractivity (Wildman–Crippen MR) is 118 cm³/mol. The Hall–Kier alpha value is -3.45. The van der Waals surface area contributed by atoms with Gasteiger partial charge in [0, 0.05) is 24.3 Å². The summed E-state index contributed by atoms with van der Waals surface area (Å²) in [4.78, 5) is 19.0. The van der Waals surface area contributed by atoms with Gasteiger partial charge in [0.25, 0.3) is 5.91 Å². The van der Waals surface area contributed by atoms with E-state index in [1.807, 2.05) is 35.8 Å². The van der Waals surface area contributed by atoms with Gasteiger partial charge >= 0.3 is 0 Å². The second-order valence-electron chi connectivity index (χ2n) is 7.88. The van der Waals surface area contributed by atoms with Crippen LogP contribution in [0.3, 0.4) is 0 Å². The minimum atomic E-state index is -1.22. The zero-order chi connectivity index (χ0) is 22.1. The first-order valence-electron chi connectivity index (χ1n) is 10.1. The number of carbonyl (C=O) groups is 1. The molecule has 6 nitrogen and oxygen atoms in total. The maximum absolute atomic E-state index is 13.5. The number of benzene rings is 2. The highest BCUT2D eigenvalue weighted by Gasteiger charge is 2.30. The average molecular weight is 420 g/mol. The van der Waals surface area contributed by atoms with Crippen LogP contribution in [0.1, 0.15) is 18.3 Å². The molecule has 4 rings (SSSR count). The molecule has 1 atom stereocenters. The van der Waals surface area contributed by atoms with Crippen LogP contribution in [-0.4, -0.2) is 38.1 Å². The minimum Gasteiger partial charge on any atom is -0.379 e. The second-order valence-corrected chi connectivity index (χ2v) is 7.88. The molecule has 1 aliphatic rings. The molecule has 160 valence electrons. The Morgan fingerprint density at radius 3 is 2.48 bits per heavy atom. The molecular formula is C24H25FN4O2. The normalized spacial score (nSPS) is 14.1. The molecule has 1 aromatic heterocycles. The number of aliphatic hydroxyl groups is 1. The molecule has 0 bridgehead atoms. The van der Waals surface area contributed by atoms with Crippen LogP contribution in [0.4, 0.5) is 15.9 Å². The quantitative estimate of drug-likeness (QED) is 0.612. The SMILES string of the molecule is C=C(C)[C@H](O)C(=O)N1CCn2c(nc(-c3ccc(F)cc3)c2Nc2ccc(C)cc2)C1. The summed E-state index contributed by atoms with van der Waals surface area (Å²) < 4.78 is 15.5. The lowest BCUT2D eigenvalue weighted by Gasteiger charge is -2.30. The lowest BCUT2D eigenvalue weighted by Crippen LogP contribution is -2.44. The second kappa shape index (κ2) is 8.35. The highest BCUT2D eigenvalue weighted by atomic mass is 19.1. The Labute approximate surface area is 180 Å². The van der Waals surface area contributed by atoms with Gasteiger partial charge in [-0.15, -0.1) is 0 Å². The van der Waals surface area contributed by atoms with Crippen molar-refractivity contribution >= 4 is 17.4 Å². The molecule has 0 saturated carbocycles. The molecule has 2 heterocycles. The molecule has 31 heavy (non-hydrogen) atoms. The van der Waals surface area contributed by atoms with E-state index in [1.165, 1.54) is 12.1 Å². The first-order chi connectivity index (χ1) is 14.8. The molecule has 2 aromatic carbocycles. The van der Waals surface area contributed by atoms with E-state index in [4.69, 9.17) is 4.98 Å². The number of hydrogen-bond acceptors (Lipinski definition) is 4. The molecule has 1 amide bonds. The summed E-state index contributed by atoms with van der Waals surface area (Å²) in [5, 5.41) is 13.6. The van der Waals surface area contributed by atoms with E-state index in [9.17, 15) is 14.3 Å². The molecule has 0 fully saturated rings. The number of rotatable bonds is 5. The fourth-order valence-electron chi connectivity index (χ4n) is 3.61. The van der Waals surface area contributed by atoms with Crippen molar-refractivity contribution in [3.63, 3.8) is 0 Å². The van der Waals surface area contributed by atoms with Crippen molar-refractivity contribution in [2.24, 2.45) is 0 Å². The molecule has 7 heteroatoms. The lowest BCUT2D eigenvalue weighted by molar-refractivity contribution is -0.139. The van der Waals surface area contributed by atoms with Crippen LogP contribution in [0.25, 0.3) is 11.3 Å². The van der Waals surface area contributed by atoms with Gasteiger partial charge in [0.15, 0.2) is 6.10 Å². The first kappa shape index (κ1) is 20.8. The number of amides is 1. The number of carbonyl (C=O) groups excluding carboxylic acids is 1. The zero-order valence-corrected chi connectivity index (χ0v) is 17.6. The van der Waals surface area contributed by atoms with Gasteiger partial charge in [-0.3, -0.25) is 4.79 Å². The third-order valence-electron chi connectivity index (χ3n) is 5.42. The summed E-state index contributed by atoms with van der Waals surface area (Å²) in [7, 11) is 0. The van der Waals surface area contributed by atoms with Crippen LogP contribution in [-0.2, 0) is 17.9 Å². The molecule has 0 saturated heterocycles. The van der Waals surface area contributed by atoms with Crippen molar-refractivity contribution < 1.29 is 14.3 Å². The maximum Gasteiger partial charge on any atom is 0.256 e. The van der Waals surface area contributed by atoms with Crippen LogP contribution >= 0.6 is 0 Å². The highest BCUT2D eigenvalue weighted by molar-refractivity contribution is 5.84. The van der Waals surface area contributed by atoms with E-state index in [2.05, 4.69) is 11.9 Å². The number of fused-ring (bicyclic) bond motifs is 1. The minimum absolute atomic E-state index is 0.271. The number of hydrogen-bond donors (Lipinski definition) is 2. The van der Waals surface area contributed by atoms with Gasteiger partial charge in [0.1, 0.15) is 23.2 Å². The van der Waals surface area contributed by atoms with E-state index in [0.29, 0.717) is 30.2 Å². The van der Waals surface area contributed by atoms with Crippen molar-refractivity contribution in [3.8, 4) is 11.3 Å². The van der Waals surface area contributed by atoms with Crippen LogP contribution in [0.2, 0.25) is 0 Å². The molecular weight excluding hydrogens is 395 g/mol. The van der Waals surface area contributed by atoms with Crippen molar-refractivity contribution in [2.45, 2.75) is 33.0 Å². The fourth-order valence-corrected chi connectivity index (χ4v) is 3.61. The fraction of sp³-hybridized carbons (Fsp3) is 0.250. The smallest absolute Gasteiger partial charge is 0.256 e. The van der Waals surface area contributed by atoms with Crippen molar-refractivity contribution in [1.82, 2.24) is 14.5 Å². The third-order valence-corrected chi connectivity index (χ3v) is 5.42. The summed E-state index contributed by atoms with van der Waals surface area (Å²) >= 11 is 0. The van der Waals surface area contributed by atoms with Gasteiger partial charge in [-0.05, 0) is 55.8 Å². The van der Waals surface area contributed by atoms with Crippen LogP contribution < -0.4 is 5.32 Å². The largest absolute Gasteiger partial charge is 0.379 e. The number of imidazole rings is 1. The Morgan fingerprint density at radius 2 is 1.84 bits per heavy atom. The molecule has 2 N–H and O–H groups in total. The number of aromatic nitrogens is 2. The van der Waals surface area contributed by atoms with E-state index in [1.54, 1.807) is 24.0 Å². The van der Waals surface area contributed by atoms with Crippen LogP contribution in [0.15, 0.2) is 60.7 Å². The Balaban J connectivity index is 1.72. The predicted octanol–water partition coefficient (Wildman–Crippen LogP) is 4.02. The number of aliphatic hydroxyl groups excluding tert-OH is 1. The summed E-state index contributed by atoms with van der Waals surface area (Å²) in [5.74, 6) is 0.796. The number of nitrogens with zero attached hydrogens (tertiary/aromatic N) is 3. The van der Waals surface area contributed by atoms with Crippen molar-refractivity contribution in [1.29, 1.82) is 0 Å². The summed E-state index contributed by atoms with van der Waals surface area (Å²) in [6, 6.07) is 14.2. The van der Waals surface area contributed by atoms with Gasteiger partial charge in [-0.25, -0.2) is 9.37 Å². The standard InChI is InChI=1S/C24H25FN4O2/c1-15(2)22(30)24(31)28-12-13-29-20(14-28)27-21(17-6-8-18(25)9-7-17)23(29)26-19-10-4-16(3)5-11-19/h4-11,22,26,30H,1,12-14H2,2-3H3/t22-/m0/s1. The first-order valence-corrected chi connectivity index (χ1v) is 10.1. The van der Waals surface area contributed by atoms with E-state index in [-0.39, 0.29) is 18.3 Å². The molecule has 0 unspecified atom stereocenters. The molecule has 3 aromatic rings. The van der Waals surface area contributed by atoms with Crippen LogP contribution in [0, 0.1) is 12.7 Å². The van der Waals surface area contributed by atoms with E-state index in [0.717, 1.165) is 22.6 Å². The molecule has 0 spiro atoms.